The largest absolute Gasteiger partial charge is 0.0808 e. The van der Waals surface area contributed by atoms with Crippen LogP contribution >= 0.6 is 0 Å². The van der Waals surface area contributed by atoms with Crippen LogP contribution in [0.25, 0.3) is 0 Å². The van der Waals surface area contributed by atoms with Crippen LogP contribution in [0.4, 0.5) is 0 Å². The first kappa shape index (κ1) is 15.7. The highest BCUT2D eigenvalue weighted by molar-refractivity contribution is 6.80. The Morgan fingerprint density at radius 3 is 1.48 bits per heavy atom. The summed E-state index contributed by atoms with van der Waals surface area (Å²) in [6.45, 7) is 10.6. The highest BCUT2D eigenvalue weighted by Crippen LogP contribution is 2.62. The number of rotatable bonds is 2. The Bertz CT molecular complexity index is 529. The van der Waals surface area contributed by atoms with E-state index in [2.05, 4.69) is 75.5 Å². The molecule has 0 aromatic rings. The van der Waals surface area contributed by atoms with Crippen LogP contribution in [0.3, 0.4) is 0 Å². The van der Waals surface area contributed by atoms with E-state index in [0.29, 0.717) is 0 Å². The smallest absolute Gasteiger partial charge is 0.0553 e. The monoisotopic (exact) mass is 324 g/mol. The van der Waals surface area contributed by atoms with E-state index in [-0.39, 0.29) is 0 Å². The molecule has 0 aliphatic heterocycles. The third kappa shape index (κ3) is 2.38. The molecule has 0 N–H and O–H groups in total. The van der Waals surface area contributed by atoms with Crippen LogP contribution in [-0.4, -0.2) is 8.07 Å². The Morgan fingerprint density at radius 1 is 0.652 bits per heavy atom. The molecule has 0 spiro atoms. The molecule has 2 saturated carbocycles. The predicted octanol–water partition coefficient (Wildman–Crippen LogP) is 6.23. The Balaban J connectivity index is 1.67. The van der Waals surface area contributed by atoms with Crippen molar-refractivity contribution in [2.75, 3.05) is 0 Å². The topological polar surface area (TPSA) is 0 Å². The summed E-state index contributed by atoms with van der Waals surface area (Å²) in [5.41, 5.74) is 1.92. The van der Waals surface area contributed by atoms with Gasteiger partial charge in [-0.1, -0.05) is 75.5 Å². The maximum Gasteiger partial charge on any atom is 0.0553 e. The third-order valence-corrected chi connectivity index (χ3v) is 13.0. The fourth-order valence-corrected chi connectivity index (χ4v) is 13.5. The van der Waals surface area contributed by atoms with Crippen LogP contribution in [0.1, 0.15) is 26.7 Å². The lowest BCUT2D eigenvalue weighted by Gasteiger charge is -2.45. The number of fused-ring (bicyclic) bond motifs is 2. The summed E-state index contributed by atoms with van der Waals surface area (Å²) in [7, 11) is -1.35. The van der Waals surface area contributed by atoms with E-state index in [1.165, 1.54) is 12.8 Å². The third-order valence-electron chi connectivity index (χ3n) is 7.66. The van der Waals surface area contributed by atoms with Crippen molar-refractivity contribution in [2.24, 2.45) is 35.5 Å². The minimum atomic E-state index is -1.35. The van der Waals surface area contributed by atoms with Crippen LogP contribution in [-0.2, 0) is 0 Å². The number of hydrogen-bond donors (Lipinski definition) is 0. The van der Waals surface area contributed by atoms with Gasteiger partial charge in [0, 0.05) is 0 Å². The molecule has 0 saturated heterocycles. The summed E-state index contributed by atoms with van der Waals surface area (Å²) in [6.07, 6.45) is 22.1. The molecule has 0 radical (unpaired) electrons. The van der Waals surface area contributed by atoms with Crippen LogP contribution in [0, 0.1) is 35.5 Å². The molecule has 4 aliphatic rings. The van der Waals surface area contributed by atoms with E-state index in [0.717, 1.165) is 46.6 Å². The summed E-state index contributed by atoms with van der Waals surface area (Å²) in [6, 6.07) is 0. The number of allylic oxidation sites excluding steroid dienone is 8. The zero-order valence-corrected chi connectivity index (χ0v) is 16.2. The molecular weight excluding hydrogens is 292 g/mol. The van der Waals surface area contributed by atoms with Crippen molar-refractivity contribution in [2.45, 2.75) is 50.9 Å². The maximum absolute atomic E-state index is 2.73. The molecule has 0 heterocycles. The Morgan fingerprint density at radius 2 is 1.04 bits per heavy atom. The Hall–Kier alpha value is -0.823. The molecule has 4 aliphatic carbocycles. The lowest BCUT2D eigenvalue weighted by Crippen LogP contribution is -2.45. The van der Waals surface area contributed by atoms with Crippen molar-refractivity contribution < 1.29 is 0 Å². The van der Waals surface area contributed by atoms with Crippen molar-refractivity contribution in [1.82, 2.24) is 0 Å². The summed E-state index contributed by atoms with van der Waals surface area (Å²) < 4.78 is 0. The molecule has 0 aromatic carbocycles. The van der Waals surface area contributed by atoms with Gasteiger partial charge >= 0.3 is 0 Å². The summed E-state index contributed by atoms with van der Waals surface area (Å²) in [5, 5.41) is 0. The second-order valence-corrected chi connectivity index (χ2v) is 14.3. The molecule has 0 nitrogen and oxygen atoms in total. The van der Waals surface area contributed by atoms with Crippen molar-refractivity contribution in [3.05, 3.63) is 48.6 Å². The molecular formula is C22H32Si. The van der Waals surface area contributed by atoms with E-state index in [1.54, 1.807) is 0 Å². The SMILES string of the molecule is C[C@@H]1C[C@@H]2C=CC=C[C@@H]2[C@@H]1[Si](C)(C)[C@H]1[C@@H]2C=CC=C[C@@H]2C[C@H]1C. The van der Waals surface area contributed by atoms with E-state index < -0.39 is 8.07 Å². The van der Waals surface area contributed by atoms with Crippen LogP contribution < -0.4 is 0 Å². The van der Waals surface area contributed by atoms with Gasteiger partial charge < -0.3 is 0 Å². The normalized spacial score (nSPS) is 47.8. The Kier molecular flexibility index (Phi) is 3.83. The molecule has 0 aromatic heterocycles. The lowest BCUT2D eigenvalue weighted by atomic mass is 9.91. The average Bonchev–Trinajstić information content (AvgIpc) is 3.02. The molecule has 23 heavy (non-hydrogen) atoms. The van der Waals surface area contributed by atoms with Crippen molar-refractivity contribution in [3.8, 4) is 0 Å². The van der Waals surface area contributed by atoms with Gasteiger partial charge in [0.05, 0.1) is 8.07 Å². The van der Waals surface area contributed by atoms with E-state index in [4.69, 9.17) is 0 Å². The molecule has 2 fully saturated rings. The fourth-order valence-electron chi connectivity index (χ4n) is 7.18. The molecule has 0 amide bonds. The quantitative estimate of drug-likeness (QED) is 0.528. The Labute approximate surface area is 143 Å². The molecule has 0 unspecified atom stereocenters. The van der Waals surface area contributed by atoms with E-state index >= 15 is 0 Å². The first-order valence-corrected chi connectivity index (χ1v) is 12.9. The second-order valence-electron chi connectivity index (χ2n) is 9.32. The van der Waals surface area contributed by atoms with Crippen LogP contribution in [0.15, 0.2) is 48.6 Å². The molecule has 124 valence electrons. The minimum absolute atomic E-state index is 0.820. The zero-order valence-electron chi connectivity index (χ0n) is 15.2. The van der Waals surface area contributed by atoms with Gasteiger partial charge in [-0.2, -0.15) is 0 Å². The van der Waals surface area contributed by atoms with Crippen molar-refractivity contribution in [1.29, 1.82) is 0 Å². The summed E-state index contributed by atoms with van der Waals surface area (Å²) >= 11 is 0. The standard InChI is InChI=1S/C22H32Si/c1-15-13-17-9-5-7-11-19(17)21(15)23(3,4)22-16(2)14-18-10-6-8-12-20(18)22/h5-12,15-22H,13-14H2,1-4H3/t15-,16-,17-,18+,19-,20+,21-,22-/m1/s1. The average molecular weight is 325 g/mol. The van der Waals surface area contributed by atoms with Gasteiger partial charge in [-0.05, 0) is 59.4 Å². The van der Waals surface area contributed by atoms with Gasteiger partial charge in [-0.25, -0.2) is 0 Å². The summed E-state index contributed by atoms with van der Waals surface area (Å²) in [4.78, 5) is 0. The van der Waals surface area contributed by atoms with E-state index in [1.807, 2.05) is 0 Å². The van der Waals surface area contributed by atoms with Gasteiger partial charge in [0.2, 0.25) is 0 Å². The predicted molar refractivity (Wildman–Crippen MR) is 103 cm³/mol. The van der Waals surface area contributed by atoms with Crippen LogP contribution in [0.5, 0.6) is 0 Å². The van der Waals surface area contributed by atoms with Gasteiger partial charge in [0.25, 0.3) is 0 Å². The molecule has 8 atom stereocenters. The second kappa shape index (κ2) is 5.62. The first-order chi connectivity index (χ1) is 11.0. The van der Waals surface area contributed by atoms with Gasteiger partial charge in [-0.3, -0.25) is 0 Å². The molecule has 0 bridgehead atoms. The number of hydrogen-bond acceptors (Lipinski definition) is 0. The highest BCUT2D eigenvalue weighted by Gasteiger charge is 2.56. The summed E-state index contributed by atoms with van der Waals surface area (Å²) in [5.74, 6) is 5.08. The zero-order chi connectivity index (χ0) is 16.2. The highest BCUT2D eigenvalue weighted by atomic mass is 28.3. The first-order valence-electron chi connectivity index (χ1n) is 9.70. The van der Waals surface area contributed by atoms with Crippen molar-refractivity contribution >= 4 is 8.07 Å². The fraction of sp³-hybridized carbons (Fsp3) is 0.636. The van der Waals surface area contributed by atoms with Gasteiger partial charge in [0.15, 0.2) is 0 Å². The maximum atomic E-state index is 2.73. The molecule has 4 rings (SSSR count). The molecule has 1 heteroatoms. The van der Waals surface area contributed by atoms with Gasteiger partial charge in [-0.15, -0.1) is 0 Å². The van der Waals surface area contributed by atoms with E-state index in [9.17, 15) is 0 Å². The lowest BCUT2D eigenvalue weighted by molar-refractivity contribution is 0.491. The van der Waals surface area contributed by atoms with Gasteiger partial charge in [0.1, 0.15) is 0 Å². The van der Waals surface area contributed by atoms with Crippen molar-refractivity contribution in [3.63, 3.8) is 0 Å². The minimum Gasteiger partial charge on any atom is -0.0808 e. The van der Waals surface area contributed by atoms with Crippen LogP contribution in [0.2, 0.25) is 24.2 Å².